The molecule has 9 heteroatoms. The van der Waals surface area contributed by atoms with E-state index in [2.05, 4.69) is 20.5 Å². The first-order valence-electron chi connectivity index (χ1n) is 11.1. The van der Waals surface area contributed by atoms with Crippen LogP contribution in [-0.4, -0.2) is 58.8 Å². The van der Waals surface area contributed by atoms with Crippen molar-refractivity contribution in [1.29, 1.82) is 0 Å². The van der Waals surface area contributed by atoms with Gasteiger partial charge in [0.25, 0.3) is 5.91 Å². The summed E-state index contributed by atoms with van der Waals surface area (Å²) < 4.78 is 18.3. The summed E-state index contributed by atoms with van der Waals surface area (Å²) >= 11 is 0. The summed E-state index contributed by atoms with van der Waals surface area (Å²) in [5, 5.41) is 11.4. The number of ether oxygens (including phenoxy) is 3. The van der Waals surface area contributed by atoms with Crippen LogP contribution in [0.1, 0.15) is 60.6 Å². The zero-order chi connectivity index (χ0) is 21.2. The van der Waals surface area contributed by atoms with Gasteiger partial charge in [0.15, 0.2) is 17.2 Å². The SMILES string of the molecule is COc1cc(CN2CCC(n3cc(C(=O)NC4CCCC4)nn3)CC2)cc2c1OCO2. The van der Waals surface area contributed by atoms with Crippen molar-refractivity contribution >= 4 is 5.91 Å². The van der Waals surface area contributed by atoms with Crippen LogP contribution in [0.3, 0.4) is 0 Å². The van der Waals surface area contributed by atoms with Crippen LogP contribution < -0.4 is 19.5 Å². The van der Waals surface area contributed by atoms with E-state index in [1.54, 1.807) is 13.3 Å². The smallest absolute Gasteiger partial charge is 0.273 e. The van der Waals surface area contributed by atoms with Crippen LogP contribution >= 0.6 is 0 Å². The Morgan fingerprint density at radius 1 is 1.19 bits per heavy atom. The fourth-order valence-electron chi connectivity index (χ4n) is 4.76. The van der Waals surface area contributed by atoms with Gasteiger partial charge in [0.2, 0.25) is 12.5 Å². The first kappa shape index (κ1) is 20.1. The number of carbonyl (C=O) groups excluding carboxylic acids is 1. The average molecular weight is 428 g/mol. The second-order valence-corrected chi connectivity index (χ2v) is 8.58. The number of hydrogen-bond donors (Lipinski definition) is 1. The molecule has 0 spiro atoms. The van der Waals surface area contributed by atoms with Gasteiger partial charge in [0.05, 0.1) is 19.3 Å². The van der Waals surface area contributed by atoms with Crippen molar-refractivity contribution in [3.63, 3.8) is 0 Å². The Kier molecular flexibility index (Phi) is 5.67. The van der Waals surface area contributed by atoms with E-state index in [0.717, 1.165) is 56.6 Å². The van der Waals surface area contributed by atoms with Crippen LogP contribution in [0.15, 0.2) is 18.3 Å². The fraction of sp³-hybridized carbons (Fsp3) is 0.591. The third-order valence-corrected chi connectivity index (χ3v) is 6.49. The Hall–Kier alpha value is -2.81. The Labute approximate surface area is 181 Å². The molecule has 166 valence electrons. The minimum atomic E-state index is -0.104. The highest BCUT2D eigenvalue weighted by Crippen LogP contribution is 2.42. The van der Waals surface area contributed by atoms with E-state index in [0.29, 0.717) is 17.2 Å². The van der Waals surface area contributed by atoms with E-state index in [9.17, 15) is 4.79 Å². The summed E-state index contributed by atoms with van der Waals surface area (Å²) in [4.78, 5) is 14.8. The molecule has 1 aliphatic carbocycles. The number of benzene rings is 1. The molecule has 2 fully saturated rings. The molecule has 5 rings (SSSR count). The number of likely N-dealkylation sites (tertiary alicyclic amines) is 1. The predicted molar refractivity (Wildman–Crippen MR) is 112 cm³/mol. The third-order valence-electron chi connectivity index (χ3n) is 6.49. The number of carbonyl (C=O) groups is 1. The molecule has 1 saturated heterocycles. The molecule has 1 aromatic heterocycles. The molecule has 3 heterocycles. The largest absolute Gasteiger partial charge is 0.493 e. The molecule has 1 amide bonds. The van der Waals surface area contributed by atoms with Crippen LogP contribution in [0.25, 0.3) is 0 Å². The van der Waals surface area contributed by atoms with Gasteiger partial charge >= 0.3 is 0 Å². The number of nitrogens with one attached hydrogen (secondary N) is 1. The highest BCUT2D eigenvalue weighted by atomic mass is 16.7. The highest BCUT2D eigenvalue weighted by Gasteiger charge is 2.26. The lowest BCUT2D eigenvalue weighted by molar-refractivity contribution is 0.0932. The molecule has 9 nitrogen and oxygen atoms in total. The molecular weight excluding hydrogens is 398 g/mol. The van der Waals surface area contributed by atoms with Crippen molar-refractivity contribution in [2.24, 2.45) is 0 Å². The number of amides is 1. The van der Waals surface area contributed by atoms with Crippen LogP contribution in [0.2, 0.25) is 0 Å². The fourth-order valence-corrected chi connectivity index (χ4v) is 4.76. The Morgan fingerprint density at radius 2 is 2.00 bits per heavy atom. The van der Waals surface area contributed by atoms with Gasteiger partial charge in [-0.1, -0.05) is 18.1 Å². The van der Waals surface area contributed by atoms with Crippen molar-refractivity contribution < 1.29 is 19.0 Å². The van der Waals surface area contributed by atoms with Crippen LogP contribution in [0.4, 0.5) is 0 Å². The summed E-state index contributed by atoms with van der Waals surface area (Å²) in [6.07, 6.45) is 8.24. The van der Waals surface area contributed by atoms with Crippen LogP contribution in [0.5, 0.6) is 17.2 Å². The number of hydrogen-bond acceptors (Lipinski definition) is 7. The molecule has 0 bridgehead atoms. The summed E-state index contributed by atoms with van der Waals surface area (Å²) in [5.74, 6) is 2.04. The number of methoxy groups -OCH3 is 1. The first-order chi connectivity index (χ1) is 15.2. The maximum atomic E-state index is 12.4. The molecule has 2 aromatic rings. The molecule has 2 aliphatic heterocycles. The van der Waals surface area contributed by atoms with Crippen molar-refractivity contribution in [3.05, 3.63) is 29.6 Å². The number of fused-ring (bicyclic) bond motifs is 1. The van der Waals surface area contributed by atoms with E-state index in [1.807, 2.05) is 16.8 Å². The highest BCUT2D eigenvalue weighted by molar-refractivity contribution is 5.92. The summed E-state index contributed by atoms with van der Waals surface area (Å²) in [7, 11) is 1.65. The van der Waals surface area contributed by atoms with Gasteiger partial charge in [-0.2, -0.15) is 0 Å². The van der Waals surface area contributed by atoms with E-state index in [-0.39, 0.29) is 24.8 Å². The third kappa shape index (κ3) is 4.32. The van der Waals surface area contributed by atoms with Crippen molar-refractivity contribution in [2.75, 3.05) is 27.0 Å². The molecule has 1 aromatic carbocycles. The Bertz CT molecular complexity index is 932. The van der Waals surface area contributed by atoms with E-state index < -0.39 is 0 Å². The minimum absolute atomic E-state index is 0.104. The van der Waals surface area contributed by atoms with Crippen LogP contribution in [0, 0.1) is 0 Å². The normalized spacial score (nSPS) is 19.6. The quantitative estimate of drug-likeness (QED) is 0.757. The lowest BCUT2D eigenvalue weighted by atomic mass is 10.0. The monoisotopic (exact) mass is 427 g/mol. The zero-order valence-corrected chi connectivity index (χ0v) is 17.9. The van der Waals surface area contributed by atoms with Gasteiger partial charge in [-0.05, 0) is 43.4 Å². The van der Waals surface area contributed by atoms with E-state index >= 15 is 0 Å². The molecule has 0 atom stereocenters. The standard InChI is InChI=1S/C22H29N5O4/c1-29-19-10-15(11-20-21(19)31-14-30-20)12-26-8-6-17(7-9-26)27-13-18(24-25-27)22(28)23-16-4-2-3-5-16/h10-11,13,16-17H,2-9,12,14H2,1H3,(H,23,28). The number of piperidine rings is 1. The van der Waals surface area contributed by atoms with Gasteiger partial charge in [0, 0.05) is 25.7 Å². The molecule has 3 aliphatic rings. The number of rotatable bonds is 6. The number of aromatic nitrogens is 3. The molecule has 0 unspecified atom stereocenters. The predicted octanol–water partition coefficient (Wildman–Crippen LogP) is 2.52. The second kappa shape index (κ2) is 8.74. The van der Waals surface area contributed by atoms with E-state index in [1.165, 1.54) is 12.8 Å². The van der Waals surface area contributed by atoms with Crippen molar-refractivity contribution in [1.82, 2.24) is 25.2 Å². The maximum Gasteiger partial charge on any atom is 0.273 e. The second-order valence-electron chi connectivity index (χ2n) is 8.58. The topological polar surface area (TPSA) is 90.7 Å². The molecule has 0 radical (unpaired) electrons. The van der Waals surface area contributed by atoms with Crippen molar-refractivity contribution in [3.8, 4) is 17.2 Å². The molecular formula is C22H29N5O4. The van der Waals surface area contributed by atoms with E-state index in [4.69, 9.17) is 14.2 Å². The summed E-state index contributed by atoms with van der Waals surface area (Å²) in [6.45, 7) is 2.96. The molecule has 1 saturated carbocycles. The molecule has 1 N–H and O–H groups in total. The summed E-state index contributed by atoms with van der Waals surface area (Å²) in [5.41, 5.74) is 1.56. The van der Waals surface area contributed by atoms with Gasteiger partial charge in [-0.15, -0.1) is 5.10 Å². The van der Waals surface area contributed by atoms with Gasteiger partial charge < -0.3 is 19.5 Å². The lowest BCUT2D eigenvalue weighted by Gasteiger charge is -2.31. The van der Waals surface area contributed by atoms with Gasteiger partial charge in [0.1, 0.15) is 0 Å². The van der Waals surface area contributed by atoms with Crippen LogP contribution in [-0.2, 0) is 6.54 Å². The minimum Gasteiger partial charge on any atom is -0.493 e. The zero-order valence-electron chi connectivity index (χ0n) is 17.9. The molecule has 31 heavy (non-hydrogen) atoms. The Morgan fingerprint density at radius 3 is 2.77 bits per heavy atom. The summed E-state index contributed by atoms with van der Waals surface area (Å²) in [6, 6.07) is 4.61. The number of nitrogens with zero attached hydrogens (tertiary/aromatic N) is 4. The van der Waals surface area contributed by atoms with Gasteiger partial charge in [-0.3, -0.25) is 9.69 Å². The first-order valence-corrected chi connectivity index (χ1v) is 11.1. The van der Waals surface area contributed by atoms with Crippen molar-refractivity contribution in [2.45, 2.75) is 57.2 Å². The average Bonchev–Trinajstić information content (AvgIpc) is 3.55. The Balaban J connectivity index is 1.16. The lowest BCUT2D eigenvalue weighted by Crippen LogP contribution is -2.34. The van der Waals surface area contributed by atoms with Gasteiger partial charge in [-0.25, -0.2) is 4.68 Å². The maximum absolute atomic E-state index is 12.4.